The van der Waals surface area contributed by atoms with E-state index >= 15 is 0 Å². The lowest BCUT2D eigenvalue weighted by atomic mass is 9.92. The van der Waals surface area contributed by atoms with Crippen molar-refractivity contribution in [3.8, 4) is 6.07 Å². The van der Waals surface area contributed by atoms with Crippen LogP contribution in [0.5, 0.6) is 0 Å². The lowest BCUT2D eigenvalue weighted by molar-refractivity contribution is 0.0442. The maximum atomic E-state index is 9.12. The van der Waals surface area contributed by atoms with Crippen LogP contribution in [0.15, 0.2) is 6.20 Å². The molecule has 1 saturated heterocycles. The fourth-order valence-electron chi connectivity index (χ4n) is 2.44. The first kappa shape index (κ1) is 11.6. The fourth-order valence-corrected chi connectivity index (χ4v) is 2.44. The quantitative estimate of drug-likeness (QED) is 0.849. The maximum Gasteiger partial charge on any atom is 0.150 e. The summed E-state index contributed by atoms with van der Waals surface area (Å²) >= 11 is 0. The zero-order valence-corrected chi connectivity index (χ0v) is 10.2. The Balaban J connectivity index is 1.75. The lowest BCUT2D eigenvalue weighted by Gasteiger charge is -2.26. The monoisotopic (exact) mass is 247 g/mol. The van der Waals surface area contributed by atoms with Crippen molar-refractivity contribution in [1.82, 2.24) is 15.0 Å². The number of nitrogens with zero attached hydrogens (tertiary/aromatic N) is 4. The SMILES string of the molecule is N#CC1(n2cc([C@@H](N)C3CCCOC3)nn2)CC1. The van der Waals surface area contributed by atoms with E-state index in [0.29, 0.717) is 12.5 Å². The summed E-state index contributed by atoms with van der Waals surface area (Å²) in [7, 11) is 0. The third kappa shape index (κ3) is 1.89. The van der Waals surface area contributed by atoms with Crippen molar-refractivity contribution < 1.29 is 4.74 Å². The molecule has 6 heteroatoms. The van der Waals surface area contributed by atoms with Gasteiger partial charge in [0.2, 0.25) is 0 Å². The summed E-state index contributed by atoms with van der Waals surface area (Å²) in [5.41, 5.74) is 6.53. The molecule has 2 heterocycles. The van der Waals surface area contributed by atoms with Crippen LogP contribution in [-0.2, 0) is 10.3 Å². The second-order valence-corrected chi connectivity index (χ2v) is 5.23. The molecule has 0 radical (unpaired) electrons. The molecule has 0 bridgehead atoms. The van der Waals surface area contributed by atoms with Gasteiger partial charge in [0.25, 0.3) is 0 Å². The summed E-state index contributed by atoms with van der Waals surface area (Å²) in [5.74, 6) is 0.307. The minimum atomic E-state index is -0.450. The smallest absolute Gasteiger partial charge is 0.150 e. The lowest BCUT2D eigenvalue weighted by Crippen LogP contribution is -2.29. The van der Waals surface area contributed by atoms with E-state index in [0.717, 1.165) is 38.0 Å². The third-order valence-electron chi connectivity index (χ3n) is 3.93. The number of ether oxygens (including phenoxy) is 1. The summed E-state index contributed by atoms with van der Waals surface area (Å²) in [6.07, 6.45) is 5.66. The predicted octanol–water partition coefficient (Wildman–Crippen LogP) is 0.717. The Morgan fingerprint density at radius 2 is 2.44 bits per heavy atom. The Morgan fingerprint density at radius 3 is 3.06 bits per heavy atom. The molecule has 1 aliphatic carbocycles. The molecule has 1 aliphatic heterocycles. The number of rotatable bonds is 3. The number of nitrogens with two attached hydrogens (primary N) is 1. The van der Waals surface area contributed by atoms with Crippen molar-refractivity contribution in [1.29, 1.82) is 5.26 Å². The normalized spacial score (nSPS) is 27.4. The Kier molecular flexibility index (Phi) is 2.80. The first-order valence-corrected chi connectivity index (χ1v) is 6.42. The van der Waals surface area contributed by atoms with E-state index in [1.54, 1.807) is 4.68 Å². The van der Waals surface area contributed by atoms with E-state index < -0.39 is 5.54 Å². The highest BCUT2D eigenvalue weighted by Crippen LogP contribution is 2.42. The molecule has 0 amide bonds. The predicted molar refractivity (Wildman–Crippen MR) is 63.3 cm³/mol. The molecular formula is C12H17N5O. The van der Waals surface area contributed by atoms with Crippen molar-refractivity contribution in [3.05, 3.63) is 11.9 Å². The van der Waals surface area contributed by atoms with Crippen molar-refractivity contribution in [3.63, 3.8) is 0 Å². The van der Waals surface area contributed by atoms with Gasteiger partial charge in [-0.2, -0.15) is 5.26 Å². The summed E-state index contributed by atoms with van der Waals surface area (Å²) in [4.78, 5) is 0. The average molecular weight is 247 g/mol. The molecule has 2 fully saturated rings. The Bertz CT molecular complexity index is 467. The van der Waals surface area contributed by atoms with Crippen LogP contribution >= 0.6 is 0 Å². The molecule has 1 aromatic rings. The number of aromatic nitrogens is 3. The highest BCUT2D eigenvalue weighted by Gasteiger charge is 2.46. The largest absolute Gasteiger partial charge is 0.381 e. The molecule has 2 aliphatic rings. The molecule has 6 nitrogen and oxygen atoms in total. The van der Waals surface area contributed by atoms with E-state index in [1.807, 2.05) is 6.20 Å². The average Bonchev–Trinajstić information content (AvgIpc) is 3.08. The Labute approximate surface area is 106 Å². The Hall–Kier alpha value is -1.45. The van der Waals surface area contributed by atoms with Crippen LogP contribution in [-0.4, -0.2) is 28.2 Å². The van der Waals surface area contributed by atoms with Gasteiger partial charge in [-0.05, 0) is 25.7 Å². The highest BCUT2D eigenvalue weighted by atomic mass is 16.5. The van der Waals surface area contributed by atoms with E-state index in [1.165, 1.54) is 0 Å². The zero-order chi connectivity index (χ0) is 12.6. The fraction of sp³-hybridized carbons (Fsp3) is 0.750. The molecule has 18 heavy (non-hydrogen) atoms. The van der Waals surface area contributed by atoms with Gasteiger partial charge in [0.1, 0.15) is 0 Å². The standard InChI is InChI=1S/C12H17N5O/c13-8-12(3-4-12)17-6-10(15-16-17)11(14)9-2-1-5-18-7-9/h6,9,11H,1-5,7,14H2/t9?,11-/m0/s1. The van der Waals surface area contributed by atoms with Crippen molar-refractivity contribution >= 4 is 0 Å². The molecule has 1 unspecified atom stereocenters. The van der Waals surface area contributed by atoms with E-state index in [-0.39, 0.29) is 6.04 Å². The van der Waals surface area contributed by atoms with Crippen LogP contribution in [0.3, 0.4) is 0 Å². The first-order valence-electron chi connectivity index (χ1n) is 6.42. The molecule has 1 saturated carbocycles. The molecule has 96 valence electrons. The van der Waals surface area contributed by atoms with E-state index in [9.17, 15) is 0 Å². The van der Waals surface area contributed by atoms with Gasteiger partial charge in [-0.15, -0.1) is 5.10 Å². The second kappa shape index (κ2) is 4.34. The molecule has 3 rings (SSSR count). The zero-order valence-electron chi connectivity index (χ0n) is 10.2. The van der Waals surface area contributed by atoms with E-state index in [2.05, 4.69) is 16.4 Å². The van der Waals surface area contributed by atoms with Gasteiger partial charge in [0.15, 0.2) is 5.54 Å². The summed E-state index contributed by atoms with van der Waals surface area (Å²) in [6, 6.07) is 2.15. The van der Waals surface area contributed by atoms with Crippen molar-refractivity contribution in [2.45, 2.75) is 37.3 Å². The van der Waals surface area contributed by atoms with Crippen LogP contribution in [0, 0.1) is 17.2 Å². The molecule has 0 spiro atoms. The summed E-state index contributed by atoms with van der Waals surface area (Å²) in [5, 5.41) is 17.3. The van der Waals surface area contributed by atoms with Crippen LogP contribution in [0.2, 0.25) is 0 Å². The van der Waals surface area contributed by atoms with Crippen LogP contribution in [0.25, 0.3) is 0 Å². The highest BCUT2D eigenvalue weighted by molar-refractivity contribution is 5.17. The van der Waals surface area contributed by atoms with Gasteiger partial charge in [-0.25, -0.2) is 4.68 Å². The molecule has 2 atom stereocenters. The molecule has 0 aromatic carbocycles. The second-order valence-electron chi connectivity index (χ2n) is 5.23. The summed E-state index contributed by atoms with van der Waals surface area (Å²) in [6.45, 7) is 1.52. The Morgan fingerprint density at radius 1 is 1.61 bits per heavy atom. The first-order chi connectivity index (χ1) is 8.75. The minimum Gasteiger partial charge on any atom is -0.381 e. The van der Waals surface area contributed by atoms with Crippen LogP contribution in [0.1, 0.15) is 37.4 Å². The van der Waals surface area contributed by atoms with Crippen molar-refractivity contribution in [2.75, 3.05) is 13.2 Å². The van der Waals surface area contributed by atoms with Gasteiger partial charge >= 0.3 is 0 Å². The van der Waals surface area contributed by atoms with Crippen molar-refractivity contribution in [2.24, 2.45) is 11.7 Å². The van der Waals surface area contributed by atoms with Gasteiger partial charge in [0.05, 0.1) is 30.6 Å². The molecule has 2 N–H and O–H groups in total. The number of nitriles is 1. The summed E-state index contributed by atoms with van der Waals surface area (Å²) < 4.78 is 7.12. The van der Waals surface area contributed by atoms with Gasteiger partial charge in [0, 0.05) is 12.5 Å². The number of hydrogen-bond acceptors (Lipinski definition) is 5. The van der Waals surface area contributed by atoms with Gasteiger partial charge in [-0.3, -0.25) is 0 Å². The molecular weight excluding hydrogens is 230 g/mol. The van der Waals surface area contributed by atoms with Crippen LogP contribution < -0.4 is 5.73 Å². The van der Waals surface area contributed by atoms with Gasteiger partial charge < -0.3 is 10.5 Å². The van der Waals surface area contributed by atoms with E-state index in [4.69, 9.17) is 15.7 Å². The molecule has 1 aromatic heterocycles. The topological polar surface area (TPSA) is 89.8 Å². The number of hydrogen-bond donors (Lipinski definition) is 1. The maximum absolute atomic E-state index is 9.12. The minimum absolute atomic E-state index is 0.145. The van der Waals surface area contributed by atoms with Gasteiger partial charge in [-0.1, -0.05) is 5.21 Å². The third-order valence-corrected chi connectivity index (χ3v) is 3.93. The van der Waals surface area contributed by atoms with Crippen LogP contribution in [0.4, 0.5) is 0 Å².